The molecule has 1 atom stereocenters. The molecule has 3 rings (SSSR count). The summed E-state index contributed by atoms with van der Waals surface area (Å²) in [5.74, 6) is 0. The molecule has 3 nitrogen and oxygen atoms in total. The van der Waals surface area contributed by atoms with Crippen molar-refractivity contribution in [3.63, 3.8) is 0 Å². The third-order valence-corrected chi connectivity index (χ3v) is 5.12. The van der Waals surface area contributed by atoms with Gasteiger partial charge in [-0.3, -0.25) is 4.98 Å². The lowest BCUT2D eigenvalue weighted by molar-refractivity contribution is -0.137. The van der Waals surface area contributed by atoms with Crippen molar-refractivity contribution in [1.29, 1.82) is 0 Å². The Kier molecular flexibility index (Phi) is 5.66. The van der Waals surface area contributed by atoms with Gasteiger partial charge in [-0.05, 0) is 55.3 Å². The van der Waals surface area contributed by atoms with Crippen LogP contribution in [0.2, 0.25) is 5.02 Å². The van der Waals surface area contributed by atoms with E-state index in [1.54, 1.807) is 18.3 Å². The molecule has 0 saturated carbocycles. The molecule has 148 valence electrons. The summed E-state index contributed by atoms with van der Waals surface area (Å²) in [6.07, 6.45) is -2.64. The second-order valence-corrected chi connectivity index (χ2v) is 7.75. The number of hydrogen-bond acceptors (Lipinski definition) is 3. The Morgan fingerprint density at radius 1 is 1.07 bits per heavy atom. The molecule has 3 aromatic rings. The van der Waals surface area contributed by atoms with Crippen LogP contribution in [-0.4, -0.2) is 10.5 Å². The minimum absolute atomic E-state index is 0.367. The van der Waals surface area contributed by atoms with Crippen LogP contribution in [0.3, 0.4) is 0 Å². The minimum Gasteiger partial charge on any atom is -0.322 e. The molecule has 0 radical (unpaired) electrons. The third-order valence-electron chi connectivity index (χ3n) is 4.88. The van der Waals surface area contributed by atoms with Gasteiger partial charge in [0.15, 0.2) is 0 Å². The molecule has 2 aromatic carbocycles. The summed E-state index contributed by atoms with van der Waals surface area (Å²) in [7, 11) is 0. The first-order valence-corrected chi connectivity index (χ1v) is 9.16. The average molecular weight is 408 g/mol. The largest absolute Gasteiger partial charge is 0.416 e. The normalized spacial score (nSPS) is 13.7. The van der Waals surface area contributed by atoms with Gasteiger partial charge in [-0.25, -0.2) is 0 Å². The molecule has 1 unspecified atom stereocenters. The molecule has 0 saturated heterocycles. The highest BCUT2D eigenvalue weighted by Crippen LogP contribution is 2.31. The quantitative estimate of drug-likeness (QED) is 0.589. The highest BCUT2D eigenvalue weighted by atomic mass is 35.5. The van der Waals surface area contributed by atoms with Gasteiger partial charge in [0.25, 0.3) is 0 Å². The Hall–Kier alpha value is -2.15. The van der Waals surface area contributed by atoms with E-state index in [4.69, 9.17) is 17.3 Å². The van der Waals surface area contributed by atoms with Crippen LogP contribution in [-0.2, 0) is 12.7 Å². The van der Waals surface area contributed by atoms with Crippen LogP contribution in [0.1, 0.15) is 36.6 Å². The predicted octanol–water partition coefficient (Wildman–Crippen LogP) is 5.48. The Bertz CT molecular complexity index is 969. The fourth-order valence-corrected chi connectivity index (χ4v) is 3.22. The second-order valence-electron chi connectivity index (χ2n) is 7.31. The van der Waals surface area contributed by atoms with Gasteiger partial charge in [-0.1, -0.05) is 29.8 Å². The molecule has 1 aromatic heterocycles. The van der Waals surface area contributed by atoms with Crippen molar-refractivity contribution < 1.29 is 13.2 Å². The highest BCUT2D eigenvalue weighted by Gasteiger charge is 2.31. The molecule has 1 heterocycles. The summed E-state index contributed by atoms with van der Waals surface area (Å²) >= 11 is 6.04. The summed E-state index contributed by atoms with van der Waals surface area (Å²) in [6.45, 7) is 4.32. The molecule has 0 spiro atoms. The first-order chi connectivity index (χ1) is 13.1. The van der Waals surface area contributed by atoms with Gasteiger partial charge in [0.1, 0.15) is 0 Å². The molecule has 0 aliphatic carbocycles. The number of alkyl halides is 3. The van der Waals surface area contributed by atoms with Crippen molar-refractivity contribution in [1.82, 2.24) is 10.3 Å². The Labute approximate surface area is 166 Å². The van der Waals surface area contributed by atoms with Crippen molar-refractivity contribution in [2.45, 2.75) is 38.1 Å². The topological polar surface area (TPSA) is 50.9 Å². The lowest BCUT2D eigenvalue weighted by atomic mass is 9.87. The van der Waals surface area contributed by atoms with Crippen LogP contribution >= 0.6 is 11.6 Å². The molecule has 7 heteroatoms. The third kappa shape index (κ3) is 4.46. The Morgan fingerprint density at radius 3 is 2.39 bits per heavy atom. The zero-order valence-corrected chi connectivity index (χ0v) is 16.3. The number of halogens is 4. The number of benzene rings is 2. The first kappa shape index (κ1) is 20.6. The maximum atomic E-state index is 12.7. The van der Waals surface area contributed by atoms with Crippen molar-refractivity contribution in [3.05, 3.63) is 76.4 Å². The zero-order valence-electron chi connectivity index (χ0n) is 15.5. The fourth-order valence-electron chi connectivity index (χ4n) is 3.05. The number of fused-ring (bicyclic) bond motifs is 1. The maximum absolute atomic E-state index is 12.7. The lowest BCUT2D eigenvalue weighted by Gasteiger charge is -2.34. The molecule has 28 heavy (non-hydrogen) atoms. The van der Waals surface area contributed by atoms with Crippen LogP contribution in [0.4, 0.5) is 13.2 Å². The standard InChI is InChI=1S/C21H21ClF3N3/c1-20(2,28-12-13-3-5-14(6-4-13)21(23,24)25)19(26)17-9-10-27-18-11-15(22)7-8-16(17)18/h3-11,19,28H,12,26H2,1-2H3. The number of hydrogen-bond donors (Lipinski definition) is 2. The summed E-state index contributed by atoms with van der Waals surface area (Å²) in [4.78, 5) is 4.34. The van der Waals surface area contributed by atoms with E-state index in [1.165, 1.54) is 12.1 Å². The van der Waals surface area contributed by atoms with E-state index in [1.807, 2.05) is 26.0 Å². The van der Waals surface area contributed by atoms with E-state index in [-0.39, 0.29) is 6.04 Å². The van der Waals surface area contributed by atoms with E-state index in [9.17, 15) is 13.2 Å². The van der Waals surface area contributed by atoms with E-state index in [0.29, 0.717) is 11.6 Å². The first-order valence-electron chi connectivity index (χ1n) is 8.79. The van der Waals surface area contributed by atoms with E-state index in [0.717, 1.165) is 34.2 Å². The van der Waals surface area contributed by atoms with Gasteiger partial charge in [-0.2, -0.15) is 13.2 Å². The molecule has 3 N–H and O–H groups in total. The lowest BCUT2D eigenvalue weighted by Crippen LogP contribution is -2.48. The molecular weight excluding hydrogens is 387 g/mol. The minimum atomic E-state index is -4.33. The number of nitrogens with one attached hydrogen (secondary N) is 1. The van der Waals surface area contributed by atoms with Gasteiger partial charge in [0, 0.05) is 34.7 Å². The van der Waals surface area contributed by atoms with Crippen molar-refractivity contribution in [2.24, 2.45) is 5.73 Å². The second kappa shape index (κ2) is 7.70. The van der Waals surface area contributed by atoms with Gasteiger partial charge >= 0.3 is 6.18 Å². The predicted molar refractivity (Wildman–Crippen MR) is 106 cm³/mol. The van der Waals surface area contributed by atoms with Crippen LogP contribution in [0, 0.1) is 0 Å². The van der Waals surface area contributed by atoms with Crippen molar-refractivity contribution in [3.8, 4) is 0 Å². The smallest absolute Gasteiger partial charge is 0.322 e. The van der Waals surface area contributed by atoms with Crippen LogP contribution < -0.4 is 11.1 Å². The highest BCUT2D eigenvalue weighted by molar-refractivity contribution is 6.31. The van der Waals surface area contributed by atoms with Crippen molar-refractivity contribution >= 4 is 22.5 Å². The maximum Gasteiger partial charge on any atom is 0.416 e. The average Bonchev–Trinajstić information content (AvgIpc) is 2.64. The van der Waals surface area contributed by atoms with Crippen LogP contribution in [0.5, 0.6) is 0 Å². The van der Waals surface area contributed by atoms with Gasteiger partial charge < -0.3 is 11.1 Å². The number of aromatic nitrogens is 1. The number of nitrogens with two attached hydrogens (primary N) is 1. The summed E-state index contributed by atoms with van der Waals surface area (Å²) < 4.78 is 38.1. The van der Waals surface area contributed by atoms with Crippen LogP contribution in [0.15, 0.2) is 54.7 Å². The summed E-state index contributed by atoms with van der Waals surface area (Å²) in [6, 6.07) is 12.1. The van der Waals surface area contributed by atoms with Gasteiger partial charge in [-0.15, -0.1) is 0 Å². The molecular formula is C21H21ClF3N3. The Balaban J connectivity index is 1.77. The molecule has 0 amide bonds. The van der Waals surface area contributed by atoms with E-state index in [2.05, 4.69) is 10.3 Å². The Morgan fingerprint density at radius 2 is 1.75 bits per heavy atom. The summed E-state index contributed by atoms with van der Waals surface area (Å²) in [5, 5.41) is 4.88. The van der Waals surface area contributed by atoms with Crippen molar-refractivity contribution in [2.75, 3.05) is 0 Å². The van der Waals surface area contributed by atoms with Crippen LogP contribution in [0.25, 0.3) is 10.9 Å². The van der Waals surface area contributed by atoms with Gasteiger partial charge in [0.2, 0.25) is 0 Å². The molecule has 0 bridgehead atoms. The number of rotatable bonds is 5. The summed E-state index contributed by atoms with van der Waals surface area (Å²) in [5.41, 5.74) is 7.81. The molecule has 0 fully saturated rings. The monoisotopic (exact) mass is 407 g/mol. The molecule has 0 aliphatic heterocycles. The SMILES string of the molecule is CC(C)(NCc1ccc(C(F)(F)F)cc1)C(N)c1ccnc2cc(Cl)ccc12. The number of pyridine rings is 1. The van der Waals surface area contributed by atoms with E-state index < -0.39 is 17.3 Å². The number of nitrogens with zero attached hydrogens (tertiary/aromatic N) is 1. The zero-order chi connectivity index (χ0) is 20.5. The van der Waals surface area contributed by atoms with E-state index >= 15 is 0 Å². The molecule has 0 aliphatic rings. The van der Waals surface area contributed by atoms with Gasteiger partial charge in [0.05, 0.1) is 11.1 Å². The fraction of sp³-hybridized carbons (Fsp3) is 0.286.